The standard InChI is InChI=1S/C25H22F5N3O6/c1-25(2,3)39-23(35)32(4)11-9-15-31-10-12-33(15,24(36)37)13-5-7-14(8-6-13)38-22(34)16-17(26)19(28)21(30)20(29)18(16)27/h5-8,10,12H,9,11H2,1-4H3/p+1. The van der Waals surface area contributed by atoms with E-state index in [2.05, 4.69) is 4.99 Å². The summed E-state index contributed by atoms with van der Waals surface area (Å²) in [5, 5.41) is 10.1. The molecule has 0 spiro atoms. The van der Waals surface area contributed by atoms with E-state index in [9.17, 15) is 41.4 Å². The van der Waals surface area contributed by atoms with Gasteiger partial charge in [0.2, 0.25) is 11.7 Å². The SMILES string of the molecule is CN(CCC1=NC=C[N+]1(C(=O)O)c1ccc(OC(=O)c2c(F)c(F)c(F)c(F)c2F)cc1)C(=O)OC(C)(C)C. The van der Waals surface area contributed by atoms with Gasteiger partial charge in [0, 0.05) is 25.7 Å². The Bertz CT molecular complexity index is 1360. The third-order valence-corrected chi connectivity index (χ3v) is 5.47. The maximum atomic E-state index is 13.9. The van der Waals surface area contributed by atoms with Gasteiger partial charge in [-0.3, -0.25) is 0 Å². The van der Waals surface area contributed by atoms with Crippen molar-refractivity contribution in [2.75, 3.05) is 13.6 Å². The van der Waals surface area contributed by atoms with E-state index in [-0.39, 0.29) is 30.2 Å². The van der Waals surface area contributed by atoms with E-state index in [0.29, 0.717) is 0 Å². The number of halogens is 5. The molecule has 1 aliphatic rings. The Morgan fingerprint density at radius 3 is 2.00 bits per heavy atom. The first-order valence-electron chi connectivity index (χ1n) is 11.3. The molecule has 2 aromatic rings. The second-order valence-electron chi connectivity index (χ2n) is 9.33. The number of hydrogen-bond acceptors (Lipinski definition) is 6. The zero-order valence-electron chi connectivity index (χ0n) is 21.1. The Morgan fingerprint density at radius 2 is 1.49 bits per heavy atom. The zero-order valence-corrected chi connectivity index (χ0v) is 21.1. The highest BCUT2D eigenvalue weighted by Gasteiger charge is 2.46. The van der Waals surface area contributed by atoms with E-state index in [0.717, 1.165) is 12.1 Å². The fourth-order valence-electron chi connectivity index (χ4n) is 3.55. The molecule has 1 atom stereocenters. The number of amidine groups is 1. The highest BCUT2D eigenvalue weighted by atomic mass is 19.2. The summed E-state index contributed by atoms with van der Waals surface area (Å²) in [4.78, 5) is 42.2. The lowest BCUT2D eigenvalue weighted by atomic mass is 10.1. The number of nitrogens with zero attached hydrogens (tertiary/aromatic N) is 3. The maximum Gasteiger partial charge on any atom is 0.529 e. The number of carbonyl (C=O) groups excluding carboxylic acids is 2. The lowest BCUT2D eigenvalue weighted by Gasteiger charge is -2.28. The topological polar surface area (TPSA) is 106 Å². The minimum Gasteiger partial charge on any atom is -0.444 e. The van der Waals surface area contributed by atoms with Crippen molar-refractivity contribution < 1.29 is 50.9 Å². The molecule has 1 heterocycles. The van der Waals surface area contributed by atoms with Crippen LogP contribution in [-0.2, 0) is 4.74 Å². The van der Waals surface area contributed by atoms with E-state index in [1.165, 1.54) is 36.5 Å². The molecule has 0 saturated carbocycles. The number of rotatable bonds is 6. The molecule has 0 radical (unpaired) electrons. The van der Waals surface area contributed by atoms with Crippen LogP contribution in [0.5, 0.6) is 5.75 Å². The molecule has 0 aromatic heterocycles. The predicted octanol–water partition coefficient (Wildman–Crippen LogP) is 5.73. The van der Waals surface area contributed by atoms with Gasteiger partial charge >= 0.3 is 18.2 Å². The van der Waals surface area contributed by atoms with Gasteiger partial charge in [0.05, 0.1) is 12.6 Å². The van der Waals surface area contributed by atoms with Crippen molar-refractivity contribution in [3.05, 3.63) is 71.3 Å². The van der Waals surface area contributed by atoms with Gasteiger partial charge in [0.25, 0.3) is 0 Å². The van der Waals surface area contributed by atoms with Gasteiger partial charge in [-0.05, 0) is 32.9 Å². The molecule has 2 aromatic carbocycles. The first-order chi connectivity index (χ1) is 18.1. The fourth-order valence-corrected chi connectivity index (χ4v) is 3.55. The molecule has 1 N–H and O–H groups in total. The number of carboxylic acid groups (broad SMARTS) is 1. The molecule has 9 nitrogen and oxygen atoms in total. The number of benzene rings is 2. The number of ether oxygens (including phenoxy) is 2. The molecule has 0 bridgehead atoms. The smallest absolute Gasteiger partial charge is 0.444 e. The average molecular weight is 556 g/mol. The average Bonchev–Trinajstić information content (AvgIpc) is 3.29. The molecule has 0 fully saturated rings. The van der Waals surface area contributed by atoms with E-state index < -0.39 is 62.9 Å². The van der Waals surface area contributed by atoms with Crippen LogP contribution in [0.3, 0.4) is 0 Å². The van der Waals surface area contributed by atoms with Crippen LogP contribution in [0.2, 0.25) is 0 Å². The summed E-state index contributed by atoms with van der Waals surface area (Å²) < 4.78 is 77.1. The van der Waals surface area contributed by atoms with Crippen LogP contribution in [0.25, 0.3) is 0 Å². The van der Waals surface area contributed by atoms with Crippen molar-refractivity contribution in [1.29, 1.82) is 0 Å². The second kappa shape index (κ2) is 10.8. The number of esters is 1. The van der Waals surface area contributed by atoms with Crippen molar-refractivity contribution in [3.8, 4) is 5.75 Å². The number of quaternary nitrogens is 1. The van der Waals surface area contributed by atoms with E-state index in [1.54, 1.807) is 20.8 Å². The number of carbonyl (C=O) groups is 3. The summed E-state index contributed by atoms with van der Waals surface area (Å²) in [5.74, 6) is -13.9. The van der Waals surface area contributed by atoms with Crippen molar-refractivity contribution in [3.63, 3.8) is 0 Å². The number of aliphatic imine (C=N–C) groups is 1. The van der Waals surface area contributed by atoms with Crippen LogP contribution in [0, 0.1) is 29.1 Å². The Kier molecular flexibility index (Phi) is 8.10. The summed E-state index contributed by atoms with van der Waals surface area (Å²) in [6.45, 7) is 5.14. The molecule has 2 amide bonds. The number of amides is 2. The molecule has 1 aliphatic heterocycles. The first-order valence-corrected chi connectivity index (χ1v) is 11.3. The summed E-state index contributed by atoms with van der Waals surface area (Å²) in [5.41, 5.74) is -2.43. The highest BCUT2D eigenvalue weighted by molar-refractivity contribution is 6.11. The molecule has 3 rings (SSSR count). The van der Waals surface area contributed by atoms with Gasteiger partial charge < -0.3 is 19.5 Å². The highest BCUT2D eigenvalue weighted by Crippen LogP contribution is 2.32. The molecule has 0 aliphatic carbocycles. The van der Waals surface area contributed by atoms with Crippen molar-refractivity contribution in [2.24, 2.45) is 4.99 Å². The Labute approximate surface area is 218 Å². The number of hydrogen-bond donors (Lipinski definition) is 1. The minimum absolute atomic E-state index is 0.0199. The lowest BCUT2D eigenvalue weighted by molar-refractivity contribution is 0.0302. The largest absolute Gasteiger partial charge is 0.529 e. The monoisotopic (exact) mass is 556 g/mol. The molecule has 14 heteroatoms. The van der Waals surface area contributed by atoms with Crippen LogP contribution in [0.1, 0.15) is 37.6 Å². The fraction of sp³-hybridized carbons (Fsp3) is 0.280. The molecule has 0 saturated heterocycles. The zero-order chi connectivity index (χ0) is 29.3. The predicted molar refractivity (Wildman–Crippen MR) is 128 cm³/mol. The minimum atomic E-state index is -2.43. The lowest BCUT2D eigenvalue weighted by Crippen LogP contribution is -2.52. The van der Waals surface area contributed by atoms with Crippen molar-refractivity contribution in [2.45, 2.75) is 32.8 Å². The summed E-state index contributed by atoms with van der Waals surface area (Å²) in [6.07, 6.45) is 0.539. The van der Waals surface area contributed by atoms with Gasteiger partial charge in [0.1, 0.15) is 23.1 Å². The van der Waals surface area contributed by atoms with Crippen LogP contribution in [0.4, 0.5) is 37.2 Å². The normalized spacial score (nSPS) is 16.6. The van der Waals surface area contributed by atoms with Gasteiger partial charge in [0.15, 0.2) is 29.0 Å². The van der Waals surface area contributed by atoms with Crippen molar-refractivity contribution in [1.82, 2.24) is 9.38 Å². The van der Waals surface area contributed by atoms with Crippen LogP contribution in [0.15, 0.2) is 41.7 Å². The van der Waals surface area contributed by atoms with Crippen LogP contribution in [-0.4, -0.2) is 53.2 Å². The van der Waals surface area contributed by atoms with Gasteiger partial charge in [-0.25, -0.2) is 36.5 Å². The Hall–Kier alpha value is -4.33. The third-order valence-electron chi connectivity index (χ3n) is 5.47. The first kappa shape index (κ1) is 29.2. The summed E-state index contributed by atoms with van der Waals surface area (Å²) in [7, 11) is 1.47. The van der Waals surface area contributed by atoms with E-state index in [4.69, 9.17) is 9.47 Å². The van der Waals surface area contributed by atoms with E-state index in [1.807, 2.05) is 0 Å². The molecular weight excluding hydrogens is 533 g/mol. The van der Waals surface area contributed by atoms with E-state index >= 15 is 0 Å². The Morgan fingerprint density at radius 1 is 0.949 bits per heavy atom. The summed E-state index contributed by atoms with van der Waals surface area (Å²) >= 11 is 0. The Balaban J connectivity index is 1.81. The van der Waals surface area contributed by atoms with Gasteiger partial charge in [-0.1, -0.05) is 0 Å². The van der Waals surface area contributed by atoms with Crippen LogP contribution >= 0.6 is 0 Å². The van der Waals surface area contributed by atoms with Gasteiger partial charge in [-0.2, -0.15) is 4.79 Å². The third kappa shape index (κ3) is 5.74. The second-order valence-corrected chi connectivity index (χ2v) is 9.33. The molecule has 39 heavy (non-hydrogen) atoms. The summed E-state index contributed by atoms with van der Waals surface area (Å²) in [6, 6.07) is 4.55. The molecule has 1 unspecified atom stereocenters. The van der Waals surface area contributed by atoms with Crippen molar-refractivity contribution >= 4 is 29.7 Å². The molecule has 208 valence electrons. The van der Waals surface area contributed by atoms with Gasteiger partial charge in [-0.15, -0.1) is 4.48 Å². The quantitative estimate of drug-likeness (QED) is 0.122. The maximum absolute atomic E-state index is 13.9. The molecular formula is C25H23F5N3O6+. The van der Waals surface area contributed by atoms with Crippen LogP contribution < -0.4 is 9.22 Å².